The van der Waals surface area contributed by atoms with Gasteiger partial charge in [-0.2, -0.15) is 0 Å². The van der Waals surface area contributed by atoms with Crippen molar-refractivity contribution in [1.82, 2.24) is 10.9 Å². The fraction of sp³-hybridized carbons (Fsp3) is 0.0556. The molecule has 0 bridgehead atoms. The van der Waals surface area contributed by atoms with Crippen molar-refractivity contribution in [1.29, 1.82) is 0 Å². The molecule has 3 amide bonds. The Kier molecular flexibility index (Phi) is 5.85. The van der Waals surface area contributed by atoms with Gasteiger partial charge in [0.1, 0.15) is 0 Å². The second-order valence-electron chi connectivity index (χ2n) is 4.95. The summed E-state index contributed by atoms with van der Waals surface area (Å²) in [5.74, 6) is -0.992. The van der Waals surface area contributed by atoms with Crippen LogP contribution in [0.5, 0.6) is 0 Å². The smallest absolute Gasteiger partial charge is 0.269 e. The molecule has 0 radical (unpaired) electrons. The molecule has 122 valence electrons. The van der Waals surface area contributed by atoms with Crippen LogP contribution >= 0.6 is 0 Å². The van der Waals surface area contributed by atoms with Crippen molar-refractivity contribution in [2.45, 2.75) is 6.92 Å². The maximum absolute atomic E-state index is 11.8. The van der Waals surface area contributed by atoms with Crippen LogP contribution in [-0.2, 0) is 9.59 Å². The van der Waals surface area contributed by atoms with Crippen molar-refractivity contribution in [3.05, 3.63) is 71.8 Å². The molecule has 0 aliphatic rings. The van der Waals surface area contributed by atoms with E-state index in [1.165, 1.54) is 13.0 Å². The molecule has 0 aliphatic carbocycles. The second-order valence-corrected chi connectivity index (χ2v) is 4.95. The maximum Gasteiger partial charge on any atom is 0.269 e. The van der Waals surface area contributed by atoms with Crippen molar-refractivity contribution < 1.29 is 14.4 Å². The number of carbonyl (C=O) groups is 3. The average molecular weight is 323 g/mol. The third-order valence-corrected chi connectivity index (χ3v) is 2.99. The number of hydrogen-bond acceptors (Lipinski definition) is 3. The van der Waals surface area contributed by atoms with Gasteiger partial charge in [-0.25, -0.2) is 0 Å². The standard InChI is InChI=1S/C18H17N3O3/c1-13(22)19-16-10-7-14(8-11-16)9-12-17(23)20-21-18(24)15-5-3-2-4-6-15/h2-12H,1H3,(H,19,22)(H,20,23)(H,21,24)/b12-9+. The van der Waals surface area contributed by atoms with Gasteiger partial charge in [0.2, 0.25) is 5.91 Å². The lowest BCUT2D eigenvalue weighted by atomic mass is 10.2. The highest BCUT2D eigenvalue weighted by Crippen LogP contribution is 2.10. The average Bonchev–Trinajstić information content (AvgIpc) is 2.59. The number of amides is 3. The van der Waals surface area contributed by atoms with Gasteiger partial charge < -0.3 is 5.32 Å². The summed E-state index contributed by atoms with van der Waals surface area (Å²) in [6.07, 6.45) is 2.90. The topological polar surface area (TPSA) is 87.3 Å². The minimum Gasteiger partial charge on any atom is -0.326 e. The number of nitrogens with one attached hydrogen (secondary N) is 3. The van der Waals surface area contributed by atoms with Gasteiger partial charge in [0.05, 0.1) is 0 Å². The Morgan fingerprint density at radius 2 is 1.54 bits per heavy atom. The van der Waals surface area contributed by atoms with Crippen LogP contribution in [0.1, 0.15) is 22.8 Å². The molecule has 2 aromatic rings. The molecule has 0 spiro atoms. The quantitative estimate of drug-likeness (QED) is 0.595. The first-order chi connectivity index (χ1) is 11.5. The van der Waals surface area contributed by atoms with E-state index < -0.39 is 11.8 Å². The molecule has 2 aromatic carbocycles. The highest BCUT2D eigenvalue weighted by Gasteiger charge is 2.04. The fourth-order valence-electron chi connectivity index (χ4n) is 1.87. The van der Waals surface area contributed by atoms with Crippen LogP contribution in [0, 0.1) is 0 Å². The Bertz CT molecular complexity index is 753. The summed E-state index contributed by atoms with van der Waals surface area (Å²) in [6.45, 7) is 1.43. The summed E-state index contributed by atoms with van der Waals surface area (Å²) in [5.41, 5.74) is 6.55. The first kappa shape index (κ1) is 17.0. The van der Waals surface area contributed by atoms with Crippen LogP contribution in [0.15, 0.2) is 60.7 Å². The van der Waals surface area contributed by atoms with Gasteiger partial charge in [-0.05, 0) is 35.9 Å². The normalized spacial score (nSPS) is 10.2. The van der Waals surface area contributed by atoms with Gasteiger partial charge in [0, 0.05) is 24.3 Å². The Labute approximate surface area is 139 Å². The molecule has 3 N–H and O–H groups in total. The van der Waals surface area contributed by atoms with Crippen LogP contribution in [0.25, 0.3) is 6.08 Å². The van der Waals surface area contributed by atoms with E-state index in [1.54, 1.807) is 60.7 Å². The summed E-state index contributed by atoms with van der Waals surface area (Å²) < 4.78 is 0. The molecule has 0 aromatic heterocycles. The molecular formula is C18H17N3O3. The van der Waals surface area contributed by atoms with E-state index in [1.807, 2.05) is 0 Å². The zero-order chi connectivity index (χ0) is 17.4. The first-order valence-corrected chi connectivity index (χ1v) is 7.26. The fourth-order valence-corrected chi connectivity index (χ4v) is 1.87. The number of hydrogen-bond donors (Lipinski definition) is 3. The van der Waals surface area contributed by atoms with Crippen LogP contribution in [0.2, 0.25) is 0 Å². The summed E-state index contributed by atoms with van der Waals surface area (Å²) in [4.78, 5) is 34.4. The van der Waals surface area contributed by atoms with Crippen LogP contribution in [-0.4, -0.2) is 17.7 Å². The summed E-state index contributed by atoms with van der Waals surface area (Å²) in [6, 6.07) is 15.6. The summed E-state index contributed by atoms with van der Waals surface area (Å²) in [5, 5.41) is 2.66. The van der Waals surface area contributed by atoms with Crippen molar-refractivity contribution >= 4 is 29.5 Å². The number of hydrazine groups is 1. The van der Waals surface area contributed by atoms with Gasteiger partial charge in [0.15, 0.2) is 0 Å². The van der Waals surface area contributed by atoms with E-state index in [-0.39, 0.29) is 5.91 Å². The number of rotatable bonds is 4. The molecule has 0 fully saturated rings. The monoisotopic (exact) mass is 323 g/mol. The van der Waals surface area contributed by atoms with E-state index in [4.69, 9.17) is 0 Å². The summed E-state index contributed by atoms with van der Waals surface area (Å²) >= 11 is 0. The molecule has 24 heavy (non-hydrogen) atoms. The SMILES string of the molecule is CC(=O)Nc1ccc(/C=C/C(=O)NNC(=O)c2ccccc2)cc1. The third kappa shape index (κ3) is 5.42. The van der Waals surface area contributed by atoms with Crippen molar-refractivity contribution in [2.75, 3.05) is 5.32 Å². The maximum atomic E-state index is 11.8. The molecule has 6 heteroatoms. The Morgan fingerprint density at radius 1 is 0.875 bits per heavy atom. The van der Waals surface area contributed by atoms with Gasteiger partial charge in [-0.1, -0.05) is 30.3 Å². The van der Waals surface area contributed by atoms with Crippen LogP contribution < -0.4 is 16.2 Å². The lowest BCUT2D eigenvalue weighted by Crippen LogP contribution is -2.40. The lowest BCUT2D eigenvalue weighted by molar-refractivity contribution is -0.117. The minimum absolute atomic E-state index is 0.146. The van der Waals surface area contributed by atoms with E-state index in [2.05, 4.69) is 16.2 Å². The zero-order valence-corrected chi connectivity index (χ0v) is 13.1. The van der Waals surface area contributed by atoms with Crippen molar-refractivity contribution in [3.63, 3.8) is 0 Å². The highest BCUT2D eigenvalue weighted by atomic mass is 16.2. The third-order valence-electron chi connectivity index (χ3n) is 2.99. The lowest BCUT2D eigenvalue weighted by Gasteiger charge is -2.05. The van der Waals surface area contributed by atoms with Crippen LogP contribution in [0.3, 0.4) is 0 Å². The van der Waals surface area contributed by atoms with Crippen molar-refractivity contribution in [3.8, 4) is 0 Å². The second kappa shape index (κ2) is 8.28. The Morgan fingerprint density at radius 3 is 2.17 bits per heavy atom. The predicted molar refractivity (Wildman–Crippen MR) is 91.8 cm³/mol. The van der Waals surface area contributed by atoms with Gasteiger partial charge >= 0.3 is 0 Å². The largest absolute Gasteiger partial charge is 0.326 e. The highest BCUT2D eigenvalue weighted by molar-refractivity contribution is 5.97. The molecule has 0 aliphatic heterocycles. The molecule has 0 heterocycles. The van der Waals surface area contributed by atoms with Gasteiger partial charge in [0.25, 0.3) is 11.8 Å². The number of benzene rings is 2. The minimum atomic E-state index is -0.454. The molecule has 0 saturated heterocycles. The predicted octanol–water partition coefficient (Wildman–Crippen LogP) is 2.12. The van der Waals surface area contributed by atoms with E-state index in [0.29, 0.717) is 11.3 Å². The molecular weight excluding hydrogens is 306 g/mol. The van der Waals surface area contributed by atoms with E-state index >= 15 is 0 Å². The van der Waals surface area contributed by atoms with E-state index in [9.17, 15) is 14.4 Å². The van der Waals surface area contributed by atoms with E-state index in [0.717, 1.165) is 5.56 Å². The number of anilines is 1. The Hall–Kier alpha value is -3.41. The first-order valence-electron chi connectivity index (χ1n) is 7.26. The molecule has 0 atom stereocenters. The van der Waals surface area contributed by atoms with Crippen LogP contribution in [0.4, 0.5) is 5.69 Å². The van der Waals surface area contributed by atoms with Gasteiger partial charge in [-0.15, -0.1) is 0 Å². The zero-order valence-electron chi connectivity index (χ0n) is 13.1. The number of carbonyl (C=O) groups excluding carboxylic acids is 3. The van der Waals surface area contributed by atoms with Crippen molar-refractivity contribution in [2.24, 2.45) is 0 Å². The molecule has 6 nitrogen and oxygen atoms in total. The molecule has 0 saturated carbocycles. The summed E-state index contributed by atoms with van der Waals surface area (Å²) in [7, 11) is 0. The molecule has 0 unspecified atom stereocenters. The van der Waals surface area contributed by atoms with Gasteiger partial charge in [-0.3, -0.25) is 25.2 Å². The molecule has 2 rings (SSSR count). The Balaban J connectivity index is 1.84.